The van der Waals surface area contributed by atoms with E-state index in [1.165, 1.54) is 25.7 Å². The van der Waals surface area contributed by atoms with Crippen molar-refractivity contribution in [2.45, 2.75) is 38.5 Å². The summed E-state index contributed by atoms with van der Waals surface area (Å²) in [7, 11) is 0. The standard InChI is InChI=1S/C12H23N3O2/c16-11-9-13-10-12(17)15-8-6-4-2-1-3-5-7-14-11/h13H,1-10H2,(H,14,16)(H,15,17). The fraction of sp³-hybridized carbons (Fsp3) is 0.833. The van der Waals surface area contributed by atoms with Gasteiger partial charge in [-0.05, 0) is 12.8 Å². The topological polar surface area (TPSA) is 70.2 Å². The SMILES string of the molecule is O=C1CNCC(=O)NCCCCCCCCN1. The molecule has 17 heavy (non-hydrogen) atoms. The van der Waals surface area contributed by atoms with Crippen LogP contribution in [-0.4, -0.2) is 38.0 Å². The van der Waals surface area contributed by atoms with Gasteiger partial charge in [-0.25, -0.2) is 0 Å². The van der Waals surface area contributed by atoms with Gasteiger partial charge in [-0.2, -0.15) is 0 Å². The highest BCUT2D eigenvalue weighted by molar-refractivity contribution is 5.81. The van der Waals surface area contributed by atoms with E-state index in [-0.39, 0.29) is 24.9 Å². The second-order valence-electron chi connectivity index (χ2n) is 4.42. The maximum atomic E-state index is 11.3. The fourth-order valence-electron chi connectivity index (χ4n) is 1.83. The molecule has 0 aliphatic carbocycles. The van der Waals surface area contributed by atoms with Crippen molar-refractivity contribution < 1.29 is 9.59 Å². The molecule has 0 bridgehead atoms. The van der Waals surface area contributed by atoms with Crippen molar-refractivity contribution in [3.05, 3.63) is 0 Å². The smallest absolute Gasteiger partial charge is 0.233 e. The monoisotopic (exact) mass is 241 g/mol. The summed E-state index contributed by atoms with van der Waals surface area (Å²) in [5.74, 6) is -0.0691. The van der Waals surface area contributed by atoms with Crippen molar-refractivity contribution in [2.75, 3.05) is 26.2 Å². The van der Waals surface area contributed by atoms with Crippen molar-refractivity contribution in [2.24, 2.45) is 0 Å². The molecule has 0 unspecified atom stereocenters. The lowest BCUT2D eigenvalue weighted by Gasteiger charge is -2.06. The quantitative estimate of drug-likeness (QED) is 0.566. The van der Waals surface area contributed by atoms with Crippen molar-refractivity contribution in [3.8, 4) is 0 Å². The van der Waals surface area contributed by atoms with Gasteiger partial charge in [-0.15, -0.1) is 0 Å². The third-order valence-electron chi connectivity index (χ3n) is 2.82. The molecule has 1 heterocycles. The van der Waals surface area contributed by atoms with Gasteiger partial charge in [0.25, 0.3) is 0 Å². The minimum atomic E-state index is -0.0346. The Labute approximate surface area is 103 Å². The van der Waals surface area contributed by atoms with Crippen LogP contribution in [0.15, 0.2) is 0 Å². The second kappa shape index (κ2) is 8.98. The molecule has 1 aliphatic rings. The molecule has 98 valence electrons. The van der Waals surface area contributed by atoms with Gasteiger partial charge >= 0.3 is 0 Å². The molecular weight excluding hydrogens is 218 g/mol. The van der Waals surface area contributed by atoms with Crippen LogP contribution < -0.4 is 16.0 Å². The van der Waals surface area contributed by atoms with E-state index in [4.69, 9.17) is 0 Å². The number of hydrogen-bond acceptors (Lipinski definition) is 3. The summed E-state index contributed by atoms with van der Waals surface area (Å²) in [5, 5.41) is 8.50. The van der Waals surface area contributed by atoms with E-state index >= 15 is 0 Å². The first-order valence-corrected chi connectivity index (χ1v) is 6.53. The van der Waals surface area contributed by atoms with Crippen molar-refractivity contribution in [1.29, 1.82) is 0 Å². The molecule has 5 heteroatoms. The van der Waals surface area contributed by atoms with Crippen molar-refractivity contribution in [3.63, 3.8) is 0 Å². The lowest BCUT2D eigenvalue weighted by Crippen LogP contribution is -2.40. The number of carbonyl (C=O) groups is 2. The number of carbonyl (C=O) groups excluding carboxylic acids is 2. The minimum Gasteiger partial charge on any atom is -0.355 e. The largest absolute Gasteiger partial charge is 0.355 e. The molecule has 1 rings (SSSR count). The first-order valence-electron chi connectivity index (χ1n) is 6.53. The molecule has 1 fully saturated rings. The van der Waals surface area contributed by atoms with E-state index in [1.807, 2.05) is 0 Å². The Morgan fingerprint density at radius 3 is 1.53 bits per heavy atom. The van der Waals surface area contributed by atoms with Crippen LogP contribution in [0, 0.1) is 0 Å². The Bertz CT molecular complexity index is 220. The summed E-state index contributed by atoms with van der Waals surface area (Å²) in [6, 6.07) is 0. The lowest BCUT2D eigenvalue weighted by molar-refractivity contribution is -0.121. The zero-order valence-electron chi connectivity index (χ0n) is 10.4. The van der Waals surface area contributed by atoms with Crippen LogP contribution >= 0.6 is 0 Å². The zero-order chi connectivity index (χ0) is 12.3. The summed E-state index contributed by atoms with van der Waals surface area (Å²) in [5.41, 5.74) is 0. The lowest BCUT2D eigenvalue weighted by atomic mass is 10.1. The second-order valence-corrected chi connectivity index (χ2v) is 4.42. The highest BCUT2D eigenvalue weighted by atomic mass is 16.2. The molecule has 1 aliphatic heterocycles. The van der Waals surface area contributed by atoms with Crippen molar-refractivity contribution >= 4 is 11.8 Å². The van der Waals surface area contributed by atoms with Gasteiger partial charge < -0.3 is 10.6 Å². The molecule has 0 atom stereocenters. The maximum absolute atomic E-state index is 11.3. The summed E-state index contributed by atoms with van der Waals surface area (Å²) < 4.78 is 0. The molecule has 0 radical (unpaired) electrons. The minimum absolute atomic E-state index is 0.0346. The molecule has 2 amide bonds. The Morgan fingerprint density at radius 2 is 1.06 bits per heavy atom. The van der Waals surface area contributed by atoms with Crippen LogP contribution in [0.1, 0.15) is 38.5 Å². The third kappa shape index (κ3) is 7.74. The fourth-order valence-corrected chi connectivity index (χ4v) is 1.83. The first-order chi connectivity index (χ1) is 8.29. The van der Waals surface area contributed by atoms with E-state index in [0.717, 1.165) is 25.9 Å². The molecule has 3 N–H and O–H groups in total. The van der Waals surface area contributed by atoms with Crippen LogP contribution in [-0.2, 0) is 9.59 Å². The molecule has 0 aromatic rings. The number of rotatable bonds is 0. The number of nitrogens with one attached hydrogen (secondary N) is 3. The summed E-state index contributed by atoms with van der Waals surface area (Å²) in [6.45, 7) is 1.92. The van der Waals surface area contributed by atoms with Gasteiger partial charge in [0.1, 0.15) is 0 Å². The van der Waals surface area contributed by atoms with Gasteiger partial charge in [0.2, 0.25) is 11.8 Å². The Hall–Kier alpha value is -1.10. The molecule has 1 saturated heterocycles. The van der Waals surface area contributed by atoms with E-state index in [0.29, 0.717) is 0 Å². The van der Waals surface area contributed by atoms with E-state index in [1.54, 1.807) is 0 Å². The predicted octanol–water partition coefficient (Wildman–Crippen LogP) is 0.163. The summed E-state index contributed by atoms with van der Waals surface area (Å²) >= 11 is 0. The summed E-state index contributed by atoms with van der Waals surface area (Å²) in [6.07, 6.45) is 6.84. The van der Waals surface area contributed by atoms with Crippen LogP contribution in [0.2, 0.25) is 0 Å². The Balaban J connectivity index is 2.24. The van der Waals surface area contributed by atoms with E-state index in [2.05, 4.69) is 16.0 Å². The molecule has 0 aromatic carbocycles. The highest BCUT2D eigenvalue weighted by Crippen LogP contribution is 2.04. The maximum Gasteiger partial charge on any atom is 0.233 e. The molecule has 5 nitrogen and oxygen atoms in total. The molecule has 0 spiro atoms. The number of amides is 2. The van der Waals surface area contributed by atoms with Gasteiger partial charge in [0, 0.05) is 13.1 Å². The Morgan fingerprint density at radius 1 is 0.647 bits per heavy atom. The Kier molecular flexibility index (Phi) is 7.38. The van der Waals surface area contributed by atoms with E-state index < -0.39 is 0 Å². The summed E-state index contributed by atoms with van der Waals surface area (Å²) in [4.78, 5) is 22.6. The molecule has 0 aromatic heterocycles. The zero-order valence-corrected chi connectivity index (χ0v) is 10.4. The van der Waals surface area contributed by atoms with Crippen LogP contribution in [0.4, 0.5) is 0 Å². The normalized spacial score (nSPS) is 21.9. The van der Waals surface area contributed by atoms with Gasteiger partial charge in [0.15, 0.2) is 0 Å². The predicted molar refractivity (Wildman–Crippen MR) is 66.6 cm³/mol. The van der Waals surface area contributed by atoms with Crippen LogP contribution in [0.5, 0.6) is 0 Å². The molecular formula is C12H23N3O2. The van der Waals surface area contributed by atoms with Crippen LogP contribution in [0.3, 0.4) is 0 Å². The van der Waals surface area contributed by atoms with Gasteiger partial charge in [-0.3, -0.25) is 14.9 Å². The molecule has 0 saturated carbocycles. The van der Waals surface area contributed by atoms with Crippen LogP contribution in [0.25, 0.3) is 0 Å². The average Bonchev–Trinajstić information content (AvgIpc) is 2.31. The van der Waals surface area contributed by atoms with Crippen molar-refractivity contribution in [1.82, 2.24) is 16.0 Å². The highest BCUT2D eigenvalue weighted by Gasteiger charge is 2.04. The first kappa shape index (κ1) is 14.0. The van der Waals surface area contributed by atoms with Gasteiger partial charge in [-0.1, -0.05) is 25.7 Å². The van der Waals surface area contributed by atoms with E-state index in [9.17, 15) is 9.59 Å². The average molecular weight is 241 g/mol. The third-order valence-corrected chi connectivity index (χ3v) is 2.82. The number of hydrogen-bond donors (Lipinski definition) is 3. The van der Waals surface area contributed by atoms with Gasteiger partial charge in [0.05, 0.1) is 13.1 Å².